The fourth-order valence-electron chi connectivity index (χ4n) is 1.48. The van der Waals surface area contributed by atoms with E-state index in [1.54, 1.807) is 0 Å². The average molecular weight is 344 g/mol. The van der Waals surface area contributed by atoms with Crippen LogP contribution in [-0.4, -0.2) is 25.1 Å². The molecule has 0 atom stereocenters. The van der Waals surface area contributed by atoms with Gasteiger partial charge in [0, 0.05) is 10.0 Å². The van der Waals surface area contributed by atoms with Crippen LogP contribution in [0.25, 0.3) is 15.5 Å². The Morgan fingerprint density at radius 2 is 2.22 bits per heavy atom. The molecular formula is C10H4BrClN4OS. The molecule has 1 aromatic carbocycles. The van der Waals surface area contributed by atoms with Gasteiger partial charge in [0.25, 0.3) is 5.24 Å². The van der Waals surface area contributed by atoms with Crippen LogP contribution in [0, 0.1) is 0 Å². The number of nitrogens with zero attached hydrogens (tertiary/aromatic N) is 4. The number of aromatic nitrogens is 4. The first kappa shape index (κ1) is 11.8. The summed E-state index contributed by atoms with van der Waals surface area (Å²) in [5.41, 5.74) is 0.938. The normalized spacial score (nSPS) is 11.0. The third kappa shape index (κ3) is 1.94. The summed E-state index contributed by atoms with van der Waals surface area (Å²) < 4.78 is 2.32. The van der Waals surface area contributed by atoms with Crippen LogP contribution in [0.15, 0.2) is 28.7 Å². The van der Waals surface area contributed by atoms with Gasteiger partial charge < -0.3 is 0 Å². The number of hydrogen-bond acceptors (Lipinski definition) is 5. The predicted octanol–water partition coefficient (Wildman–Crippen LogP) is 2.99. The van der Waals surface area contributed by atoms with Gasteiger partial charge >= 0.3 is 0 Å². The molecule has 0 aliphatic rings. The molecule has 0 aliphatic carbocycles. The van der Waals surface area contributed by atoms with Crippen molar-refractivity contribution in [2.24, 2.45) is 0 Å². The summed E-state index contributed by atoms with van der Waals surface area (Å²) >= 11 is 10.1. The highest BCUT2D eigenvalue weighted by molar-refractivity contribution is 9.10. The second-order valence-electron chi connectivity index (χ2n) is 3.41. The Labute approximate surface area is 119 Å². The van der Waals surface area contributed by atoms with Gasteiger partial charge in [-0.05, 0) is 23.7 Å². The summed E-state index contributed by atoms with van der Waals surface area (Å²) in [5, 5.41) is 11.9. The lowest BCUT2D eigenvalue weighted by atomic mass is 10.2. The lowest BCUT2D eigenvalue weighted by Gasteiger charge is -1.95. The Morgan fingerprint density at radius 3 is 2.94 bits per heavy atom. The summed E-state index contributed by atoms with van der Waals surface area (Å²) in [7, 11) is 0. The maximum atomic E-state index is 11.1. The van der Waals surface area contributed by atoms with Gasteiger partial charge in [0.2, 0.25) is 10.8 Å². The predicted molar refractivity (Wildman–Crippen MR) is 72.0 cm³/mol. The van der Waals surface area contributed by atoms with E-state index in [0.29, 0.717) is 4.96 Å². The molecule has 90 valence electrons. The molecule has 0 saturated carbocycles. The Morgan fingerprint density at radius 1 is 1.39 bits per heavy atom. The van der Waals surface area contributed by atoms with Crippen molar-refractivity contribution in [1.29, 1.82) is 0 Å². The van der Waals surface area contributed by atoms with Crippen molar-refractivity contribution >= 4 is 49.1 Å². The van der Waals surface area contributed by atoms with Gasteiger partial charge in [0.05, 0.1) is 0 Å². The zero-order chi connectivity index (χ0) is 12.7. The minimum Gasteiger partial charge on any atom is -0.272 e. The quantitative estimate of drug-likeness (QED) is 0.671. The molecule has 5 nitrogen and oxygen atoms in total. The van der Waals surface area contributed by atoms with E-state index in [1.165, 1.54) is 15.9 Å². The molecule has 0 radical (unpaired) electrons. The number of rotatable bonds is 2. The Kier molecular flexibility index (Phi) is 2.89. The first-order valence-corrected chi connectivity index (χ1v) is 6.82. The molecule has 0 aliphatic heterocycles. The molecule has 8 heteroatoms. The van der Waals surface area contributed by atoms with Crippen LogP contribution in [-0.2, 0) is 0 Å². The number of hydrogen-bond donors (Lipinski definition) is 0. The standard InChI is InChI=1S/C10H4BrClN4OS/c11-6-3-1-2-5(4-6)9-15-16-8(7(12)17)13-14-10(16)18-9/h1-4H. The van der Waals surface area contributed by atoms with Crippen LogP contribution in [0.2, 0.25) is 0 Å². The lowest BCUT2D eigenvalue weighted by Crippen LogP contribution is -1.99. The zero-order valence-electron chi connectivity index (χ0n) is 8.67. The van der Waals surface area contributed by atoms with Gasteiger partial charge in [-0.3, -0.25) is 4.79 Å². The zero-order valence-corrected chi connectivity index (χ0v) is 11.8. The first-order chi connectivity index (χ1) is 8.65. The highest BCUT2D eigenvalue weighted by atomic mass is 79.9. The summed E-state index contributed by atoms with van der Waals surface area (Å²) in [5.74, 6) is 0.0316. The van der Waals surface area contributed by atoms with Crippen molar-refractivity contribution in [3.8, 4) is 10.6 Å². The van der Waals surface area contributed by atoms with Crippen LogP contribution in [0.3, 0.4) is 0 Å². The van der Waals surface area contributed by atoms with Crippen LogP contribution in [0.5, 0.6) is 0 Å². The highest BCUT2D eigenvalue weighted by Crippen LogP contribution is 2.27. The molecule has 0 bridgehead atoms. The van der Waals surface area contributed by atoms with E-state index in [9.17, 15) is 4.79 Å². The van der Waals surface area contributed by atoms with Gasteiger partial charge in [-0.1, -0.05) is 39.4 Å². The van der Waals surface area contributed by atoms with Crippen molar-refractivity contribution in [2.45, 2.75) is 0 Å². The van der Waals surface area contributed by atoms with E-state index in [4.69, 9.17) is 11.6 Å². The molecular weight excluding hydrogens is 340 g/mol. The lowest BCUT2D eigenvalue weighted by molar-refractivity contribution is 0.107. The molecule has 0 N–H and O–H groups in total. The van der Waals surface area contributed by atoms with Gasteiger partial charge in [-0.2, -0.15) is 9.61 Å². The molecule has 2 aromatic heterocycles. The van der Waals surface area contributed by atoms with E-state index in [2.05, 4.69) is 31.2 Å². The van der Waals surface area contributed by atoms with Crippen LogP contribution in [0.4, 0.5) is 0 Å². The third-order valence-electron chi connectivity index (χ3n) is 2.24. The van der Waals surface area contributed by atoms with Gasteiger partial charge in [0.1, 0.15) is 5.01 Å². The number of carbonyl (C=O) groups excluding carboxylic acids is 1. The number of halogens is 2. The van der Waals surface area contributed by atoms with Crippen LogP contribution >= 0.6 is 38.9 Å². The van der Waals surface area contributed by atoms with Gasteiger partial charge in [0.15, 0.2) is 0 Å². The molecule has 18 heavy (non-hydrogen) atoms. The van der Waals surface area contributed by atoms with Gasteiger partial charge in [-0.15, -0.1) is 10.2 Å². The van der Waals surface area contributed by atoms with Crippen LogP contribution < -0.4 is 0 Å². The maximum Gasteiger partial charge on any atom is 0.291 e. The van der Waals surface area contributed by atoms with E-state index in [-0.39, 0.29) is 5.82 Å². The summed E-state index contributed by atoms with van der Waals surface area (Å²) in [6.45, 7) is 0. The monoisotopic (exact) mass is 342 g/mol. The second-order valence-corrected chi connectivity index (χ2v) is 5.62. The first-order valence-electron chi connectivity index (χ1n) is 4.83. The van der Waals surface area contributed by atoms with E-state index < -0.39 is 5.24 Å². The molecule has 0 amide bonds. The summed E-state index contributed by atoms with van der Waals surface area (Å²) in [6.07, 6.45) is 0. The second kappa shape index (κ2) is 4.42. The van der Waals surface area contributed by atoms with Gasteiger partial charge in [-0.25, -0.2) is 0 Å². The Balaban J connectivity index is 2.17. The van der Waals surface area contributed by atoms with E-state index in [0.717, 1.165) is 15.0 Å². The van der Waals surface area contributed by atoms with E-state index >= 15 is 0 Å². The van der Waals surface area contributed by atoms with Crippen molar-refractivity contribution in [2.75, 3.05) is 0 Å². The molecule has 3 rings (SSSR count). The van der Waals surface area contributed by atoms with Crippen molar-refractivity contribution in [3.63, 3.8) is 0 Å². The SMILES string of the molecule is O=C(Cl)c1nnc2sc(-c3cccc(Br)c3)nn12. The minimum atomic E-state index is -0.673. The molecule has 0 saturated heterocycles. The van der Waals surface area contributed by atoms with Crippen LogP contribution in [0.1, 0.15) is 10.6 Å². The van der Waals surface area contributed by atoms with Crippen molar-refractivity contribution < 1.29 is 4.79 Å². The molecule has 0 fully saturated rings. The largest absolute Gasteiger partial charge is 0.291 e. The average Bonchev–Trinajstić information content (AvgIpc) is 2.87. The fraction of sp³-hybridized carbons (Fsp3) is 0. The minimum absolute atomic E-state index is 0.0316. The van der Waals surface area contributed by atoms with Crippen molar-refractivity contribution in [3.05, 3.63) is 34.6 Å². The number of benzene rings is 1. The van der Waals surface area contributed by atoms with E-state index in [1.807, 2.05) is 24.3 Å². The highest BCUT2D eigenvalue weighted by Gasteiger charge is 2.16. The summed E-state index contributed by atoms with van der Waals surface area (Å²) in [4.78, 5) is 11.7. The molecule has 0 spiro atoms. The Bertz CT molecular complexity index is 753. The number of carbonyl (C=O) groups is 1. The summed E-state index contributed by atoms with van der Waals surface area (Å²) in [6, 6.07) is 7.71. The molecule has 2 heterocycles. The fourth-order valence-corrected chi connectivity index (χ4v) is 2.83. The molecule has 0 unspecified atom stereocenters. The van der Waals surface area contributed by atoms with Crippen molar-refractivity contribution in [1.82, 2.24) is 19.8 Å². The number of fused-ring (bicyclic) bond motifs is 1. The molecule has 3 aromatic rings. The third-order valence-corrected chi connectivity index (χ3v) is 3.85. The smallest absolute Gasteiger partial charge is 0.272 e. The Hall–Kier alpha value is -1.31. The topological polar surface area (TPSA) is 60.2 Å². The maximum absolute atomic E-state index is 11.1.